The fraction of sp³-hybridized carbons (Fsp3) is 0.118. The van der Waals surface area contributed by atoms with Crippen molar-refractivity contribution in [1.29, 1.82) is 0 Å². The third kappa shape index (κ3) is 4.30. The van der Waals surface area contributed by atoms with Crippen LogP contribution in [-0.4, -0.2) is 25.4 Å². The van der Waals surface area contributed by atoms with Crippen molar-refractivity contribution in [2.75, 3.05) is 12.4 Å². The molecule has 0 unspecified atom stereocenters. The summed E-state index contributed by atoms with van der Waals surface area (Å²) >= 11 is 1.14. The lowest BCUT2D eigenvalue weighted by Crippen LogP contribution is -2.17. The van der Waals surface area contributed by atoms with Gasteiger partial charge in [-0.2, -0.15) is 0 Å². The fourth-order valence-electron chi connectivity index (χ4n) is 2.38. The van der Waals surface area contributed by atoms with Crippen LogP contribution in [0.5, 0.6) is 0 Å². The molecule has 27 heavy (non-hydrogen) atoms. The number of nitro groups is 1. The minimum atomic E-state index is -3.47. The van der Waals surface area contributed by atoms with Crippen LogP contribution >= 0.6 is 11.3 Å². The van der Waals surface area contributed by atoms with Crippen molar-refractivity contribution in [2.24, 2.45) is 0 Å². The van der Waals surface area contributed by atoms with E-state index < -0.39 is 14.9 Å². The van der Waals surface area contributed by atoms with E-state index in [0.717, 1.165) is 16.2 Å². The molecule has 0 aliphatic rings. The second-order valence-corrected chi connectivity index (χ2v) is 8.75. The fourth-order valence-corrected chi connectivity index (χ4v) is 4.52. The predicted octanol–water partition coefficient (Wildman–Crippen LogP) is 3.24. The Morgan fingerprint density at radius 3 is 2.52 bits per heavy atom. The highest BCUT2D eigenvalue weighted by Gasteiger charge is 2.18. The normalized spacial score (nSPS) is 11.3. The Kier molecular flexibility index (Phi) is 5.49. The number of pyridine rings is 1. The third-order valence-corrected chi connectivity index (χ3v) is 6.72. The van der Waals surface area contributed by atoms with Gasteiger partial charge in [0.05, 0.1) is 11.5 Å². The summed E-state index contributed by atoms with van der Waals surface area (Å²) in [6, 6.07) is 15.1. The molecule has 8 nitrogen and oxygen atoms in total. The summed E-state index contributed by atoms with van der Waals surface area (Å²) in [4.78, 5) is 16.0. The summed E-state index contributed by atoms with van der Waals surface area (Å²) in [7, 11) is -2.11. The Morgan fingerprint density at radius 2 is 1.85 bits per heavy atom. The van der Waals surface area contributed by atoms with E-state index in [1.54, 1.807) is 30.3 Å². The molecule has 0 saturated heterocycles. The average molecular weight is 404 g/mol. The zero-order valence-corrected chi connectivity index (χ0v) is 15.9. The van der Waals surface area contributed by atoms with Crippen LogP contribution in [0.4, 0.5) is 11.5 Å². The lowest BCUT2D eigenvalue weighted by molar-refractivity contribution is -0.384. The van der Waals surface area contributed by atoms with E-state index in [2.05, 4.69) is 15.0 Å². The van der Waals surface area contributed by atoms with Crippen molar-refractivity contribution in [3.63, 3.8) is 0 Å². The monoisotopic (exact) mass is 404 g/mol. The van der Waals surface area contributed by atoms with E-state index in [1.807, 2.05) is 6.07 Å². The minimum Gasteiger partial charge on any atom is -0.365 e. The van der Waals surface area contributed by atoms with Crippen LogP contribution in [0, 0.1) is 10.1 Å². The first-order valence-electron chi connectivity index (χ1n) is 7.87. The highest BCUT2D eigenvalue weighted by atomic mass is 32.2. The molecule has 0 spiro atoms. The van der Waals surface area contributed by atoms with Crippen LogP contribution in [0.1, 0.15) is 4.88 Å². The highest BCUT2D eigenvalue weighted by molar-refractivity contribution is 7.91. The molecular weight excluding hydrogens is 388 g/mol. The van der Waals surface area contributed by atoms with Crippen molar-refractivity contribution in [3.8, 4) is 11.3 Å². The minimum absolute atomic E-state index is 0.0785. The molecule has 1 aromatic carbocycles. The van der Waals surface area contributed by atoms with Crippen LogP contribution in [0.25, 0.3) is 11.3 Å². The van der Waals surface area contributed by atoms with Crippen LogP contribution in [-0.2, 0) is 16.6 Å². The lowest BCUT2D eigenvalue weighted by Gasteiger charge is -2.07. The molecule has 2 aromatic heterocycles. The largest absolute Gasteiger partial charge is 0.365 e. The topological polar surface area (TPSA) is 114 Å². The number of rotatable bonds is 7. The van der Waals surface area contributed by atoms with Crippen LogP contribution in [0.2, 0.25) is 0 Å². The van der Waals surface area contributed by atoms with E-state index in [9.17, 15) is 18.5 Å². The maximum absolute atomic E-state index is 11.8. The molecule has 0 saturated carbocycles. The molecule has 3 rings (SSSR count). The molecule has 0 aliphatic heterocycles. The summed E-state index contributed by atoms with van der Waals surface area (Å²) in [5, 5.41) is 14.4. The smallest absolute Gasteiger partial charge is 0.295 e. The molecule has 0 bridgehead atoms. The number of anilines is 1. The number of nitrogens with one attached hydrogen (secondary N) is 2. The molecule has 0 fully saturated rings. The van der Waals surface area contributed by atoms with E-state index in [-0.39, 0.29) is 15.6 Å². The van der Waals surface area contributed by atoms with Gasteiger partial charge in [0.2, 0.25) is 10.0 Å². The molecule has 0 atom stereocenters. The first-order valence-corrected chi connectivity index (χ1v) is 10.2. The summed E-state index contributed by atoms with van der Waals surface area (Å²) in [6.07, 6.45) is 0. The number of thiophene rings is 1. The molecule has 2 heterocycles. The van der Waals surface area contributed by atoms with Crippen LogP contribution in [0.3, 0.4) is 0 Å². The van der Waals surface area contributed by atoms with Gasteiger partial charge in [0.15, 0.2) is 5.69 Å². The van der Waals surface area contributed by atoms with Crippen molar-refractivity contribution in [2.45, 2.75) is 10.8 Å². The van der Waals surface area contributed by atoms with Crippen molar-refractivity contribution in [1.82, 2.24) is 9.71 Å². The summed E-state index contributed by atoms with van der Waals surface area (Å²) in [5.74, 6) is 0.464. The first-order chi connectivity index (χ1) is 12.9. The van der Waals surface area contributed by atoms with Gasteiger partial charge < -0.3 is 5.32 Å². The zero-order valence-electron chi connectivity index (χ0n) is 14.2. The standard InChI is InChI=1S/C17H16N4O4S2/c1-18-27(24,25)16-10-7-13(26-16)11-19-15-9-8-14(21(22)23)17(20-15)12-5-3-2-4-6-12/h2-10,18H,11H2,1H3,(H,19,20). The molecular formula is C17H16N4O4S2. The molecule has 0 aliphatic carbocycles. The van der Waals surface area contributed by atoms with Crippen LogP contribution < -0.4 is 10.0 Å². The lowest BCUT2D eigenvalue weighted by atomic mass is 10.1. The summed E-state index contributed by atoms with van der Waals surface area (Å²) < 4.78 is 26.1. The number of sulfonamides is 1. The van der Waals surface area contributed by atoms with Gasteiger partial charge in [0.1, 0.15) is 10.0 Å². The molecule has 0 radical (unpaired) electrons. The molecule has 10 heteroatoms. The predicted molar refractivity (Wildman–Crippen MR) is 104 cm³/mol. The second-order valence-electron chi connectivity index (χ2n) is 5.47. The van der Waals surface area contributed by atoms with Crippen molar-refractivity contribution >= 4 is 32.9 Å². The second kappa shape index (κ2) is 7.82. The number of benzene rings is 1. The number of hydrogen-bond acceptors (Lipinski definition) is 7. The first kappa shape index (κ1) is 19.0. The van der Waals surface area contributed by atoms with Gasteiger partial charge in [-0.3, -0.25) is 10.1 Å². The Hall–Kier alpha value is -2.82. The number of aromatic nitrogens is 1. The Bertz CT molecular complexity index is 1070. The summed E-state index contributed by atoms with van der Waals surface area (Å²) in [5.41, 5.74) is 0.840. The Labute approximate surface area is 160 Å². The third-order valence-electron chi connectivity index (χ3n) is 3.73. The Morgan fingerprint density at radius 1 is 1.11 bits per heavy atom. The van der Waals surface area contributed by atoms with E-state index >= 15 is 0 Å². The maximum atomic E-state index is 11.8. The highest BCUT2D eigenvalue weighted by Crippen LogP contribution is 2.29. The quantitative estimate of drug-likeness (QED) is 0.461. The molecule has 3 aromatic rings. The van der Waals surface area contributed by atoms with Gasteiger partial charge >= 0.3 is 0 Å². The molecule has 0 amide bonds. The number of hydrogen-bond donors (Lipinski definition) is 2. The van der Waals surface area contributed by atoms with Crippen molar-refractivity contribution in [3.05, 3.63) is 69.6 Å². The maximum Gasteiger partial charge on any atom is 0.295 e. The number of nitrogens with zero attached hydrogens (tertiary/aromatic N) is 2. The molecule has 140 valence electrons. The summed E-state index contributed by atoms with van der Waals surface area (Å²) in [6.45, 7) is 0.350. The SMILES string of the molecule is CNS(=O)(=O)c1ccc(CNc2ccc([N+](=O)[O-])c(-c3ccccc3)n2)s1. The van der Waals surface area contributed by atoms with E-state index in [1.165, 1.54) is 25.2 Å². The van der Waals surface area contributed by atoms with E-state index in [4.69, 9.17) is 0 Å². The van der Waals surface area contributed by atoms with Gasteiger partial charge in [0.25, 0.3) is 5.69 Å². The average Bonchev–Trinajstić information content (AvgIpc) is 3.17. The van der Waals surface area contributed by atoms with E-state index in [0.29, 0.717) is 17.9 Å². The Balaban J connectivity index is 1.83. The van der Waals surface area contributed by atoms with Crippen molar-refractivity contribution < 1.29 is 13.3 Å². The van der Waals surface area contributed by atoms with Gasteiger partial charge in [-0.25, -0.2) is 18.1 Å². The zero-order chi connectivity index (χ0) is 19.4. The molecule has 2 N–H and O–H groups in total. The van der Waals surface area contributed by atoms with Gasteiger partial charge in [-0.1, -0.05) is 30.3 Å². The van der Waals surface area contributed by atoms with Gasteiger partial charge in [0, 0.05) is 16.5 Å². The van der Waals surface area contributed by atoms with Gasteiger partial charge in [-0.05, 0) is 25.2 Å². The van der Waals surface area contributed by atoms with Crippen LogP contribution in [0.15, 0.2) is 58.8 Å². The van der Waals surface area contributed by atoms with Gasteiger partial charge in [-0.15, -0.1) is 11.3 Å².